The summed E-state index contributed by atoms with van der Waals surface area (Å²) in [6.07, 6.45) is 1.11. The normalized spacial score (nSPS) is 11.5. The molecule has 0 saturated heterocycles. The van der Waals surface area contributed by atoms with Gasteiger partial charge in [-0.25, -0.2) is 13.4 Å². The minimum atomic E-state index is -3.42. The Hall–Kier alpha value is -2.25. The number of nitrogens with one attached hydrogen (secondary N) is 1. The van der Waals surface area contributed by atoms with E-state index in [0.29, 0.717) is 5.01 Å². The zero-order chi connectivity index (χ0) is 15.7. The number of carbonyl (C=O) groups is 1. The van der Waals surface area contributed by atoms with Gasteiger partial charge in [0.1, 0.15) is 0 Å². The number of thiazole rings is 1. The van der Waals surface area contributed by atoms with Crippen LogP contribution in [0.3, 0.4) is 0 Å². The molecule has 0 aliphatic rings. The molecule has 0 aliphatic carbocycles. The molecule has 0 unspecified atom stereocenters. The maximum atomic E-state index is 12.3. The van der Waals surface area contributed by atoms with E-state index in [2.05, 4.69) is 10.3 Å². The standard InChI is InChI=1S/C15H12N2O3S2/c1-22(19,20)13-9-5-3-7-11(13)16-14(18)15-17-10-6-2-4-8-12(10)21-15/h2-9H,1H3,(H,16,18). The van der Waals surface area contributed by atoms with E-state index >= 15 is 0 Å². The number of nitrogens with zero attached hydrogens (tertiary/aromatic N) is 1. The fourth-order valence-corrected chi connectivity index (χ4v) is 3.74. The molecule has 0 radical (unpaired) electrons. The second kappa shape index (κ2) is 5.51. The number of carbonyl (C=O) groups excluding carboxylic acids is 1. The number of benzene rings is 2. The van der Waals surface area contributed by atoms with Crippen LogP contribution >= 0.6 is 11.3 Å². The van der Waals surface area contributed by atoms with Gasteiger partial charge < -0.3 is 5.32 Å². The predicted molar refractivity (Wildman–Crippen MR) is 87.1 cm³/mol. The number of hydrogen-bond acceptors (Lipinski definition) is 5. The van der Waals surface area contributed by atoms with Gasteiger partial charge in [0.05, 0.1) is 20.8 Å². The molecular formula is C15H12N2O3S2. The molecule has 1 amide bonds. The van der Waals surface area contributed by atoms with Gasteiger partial charge in [-0.1, -0.05) is 24.3 Å². The third-order valence-electron chi connectivity index (χ3n) is 3.02. The average molecular weight is 332 g/mol. The molecule has 3 rings (SSSR count). The van der Waals surface area contributed by atoms with Crippen molar-refractivity contribution in [1.29, 1.82) is 0 Å². The smallest absolute Gasteiger partial charge is 0.284 e. The van der Waals surface area contributed by atoms with Crippen LogP contribution in [0.15, 0.2) is 53.4 Å². The Bertz CT molecular complexity index is 929. The second-order valence-corrected chi connectivity index (χ2v) is 7.72. The monoisotopic (exact) mass is 332 g/mol. The van der Waals surface area contributed by atoms with Crippen LogP contribution in [0, 0.1) is 0 Å². The Morgan fingerprint density at radius 3 is 2.50 bits per heavy atom. The maximum absolute atomic E-state index is 12.3. The predicted octanol–water partition coefficient (Wildman–Crippen LogP) is 2.95. The molecule has 0 bridgehead atoms. The topological polar surface area (TPSA) is 76.1 Å². The third-order valence-corrected chi connectivity index (χ3v) is 5.21. The maximum Gasteiger partial charge on any atom is 0.284 e. The highest BCUT2D eigenvalue weighted by molar-refractivity contribution is 7.90. The highest BCUT2D eigenvalue weighted by atomic mass is 32.2. The summed E-state index contributed by atoms with van der Waals surface area (Å²) in [6.45, 7) is 0. The lowest BCUT2D eigenvalue weighted by Crippen LogP contribution is -2.14. The van der Waals surface area contributed by atoms with E-state index in [1.54, 1.807) is 18.2 Å². The van der Waals surface area contributed by atoms with Crippen molar-refractivity contribution in [3.8, 4) is 0 Å². The van der Waals surface area contributed by atoms with E-state index in [0.717, 1.165) is 16.5 Å². The lowest BCUT2D eigenvalue weighted by molar-refractivity contribution is 0.102. The lowest BCUT2D eigenvalue weighted by atomic mass is 10.3. The molecule has 0 fully saturated rings. The SMILES string of the molecule is CS(=O)(=O)c1ccccc1NC(=O)c1nc2ccccc2s1. The van der Waals surface area contributed by atoms with Gasteiger partial charge in [0.15, 0.2) is 14.8 Å². The van der Waals surface area contributed by atoms with Crippen LogP contribution in [-0.4, -0.2) is 25.6 Å². The Morgan fingerprint density at radius 1 is 1.09 bits per heavy atom. The summed E-state index contributed by atoms with van der Waals surface area (Å²) in [5, 5.41) is 2.92. The van der Waals surface area contributed by atoms with Gasteiger partial charge in [-0.3, -0.25) is 4.79 Å². The molecular weight excluding hydrogens is 320 g/mol. The van der Waals surface area contributed by atoms with Crippen LogP contribution in [-0.2, 0) is 9.84 Å². The van der Waals surface area contributed by atoms with Crippen molar-refractivity contribution >= 4 is 43.0 Å². The van der Waals surface area contributed by atoms with Crippen LogP contribution in [0.4, 0.5) is 5.69 Å². The van der Waals surface area contributed by atoms with E-state index < -0.39 is 15.7 Å². The van der Waals surface area contributed by atoms with Gasteiger partial charge >= 0.3 is 0 Å². The van der Waals surface area contributed by atoms with Crippen molar-refractivity contribution in [2.45, 2.75) is 4.90 Å². The van der Waals surface area contributed by atoms with Gasteiger partial charge in [-0.05, 0) is 24.3 Å². The van der Waals surface area contributed by atoms with Crippen LogP contribution in [0.2, 0.25) is 0 Å². The molecule has 0 atom stereocenters. The minimum absolute atomic E-state index is 0.0875. The van der Waals surface area contributed by atoms with Crippen molar-refractivity contribution < 1.29 is 13.2 Å². The van der Waals surface area contributed by atoms with E-state index in [4.69, 9.17) is 0 Å². The summed E-state index contributed by atoms with van der Waals surface area (Å²) in [6, 6.07) is 13.7. The summed E-state index contributed by atoms with van der Waals surface area (Å²) >= 11 is 1.27. The Balaban J connectivity index is 1.95. The van der Waals surface area contributed by atoms with Crippen molar-refractivity contribution in [3.63, 3.8) is 0 Å². The largest absolute Gasteiger partial charge is 0.319 e. The number of amides is 1. The number of para-hydroxylation sites is 2. The van der Waals surface area contributed by atoms with Crippen LogP contribution in [0.1, 0.15) is 9.80 Å². The summed E-state index contributed by atoms with van der Waals surface area (Å²) in [7, 11) is -3.42. The molecule has 1 N–H and O–H groups in total. The first kappa shape index (κ1) is 14.7. The number of aromatic nitrogens is 1. The zero-order valence-electron chi connectivity index (χ0n) is 11.6. The zero-order valence-corrected chi connectivity index (χ0v) is 13.2. The van der Waals surface area contributed by atoms with Crippen molar-refractivity contribution in [3.05, 3.63) is 53.5 Å². The molecule has 22 heavy (non-hydrogen) atoms. The highest BCUT2D eigenvalue weighted by Gasteiger charge is 2.17. The number of rotatable bonds is 3. The van der Waals surface area contributed by atoms with E-state index in [-0.39, 0.29) is 10.6 Å². The molecule has 3 aromatic rings. The number of anilines is 1. The molecule has 0 aliphatic heterocycles. The van der Waals surface area contributed by atoms with Gasteiger partial charge in [-0.2, -0.15) is 0 Å². The molecule has 2 aromatic carbocycles. The first-order valence-electron chi connectivity index (χ1n) is 6.41. The summed E-state index contributed by atoms with van der Waals surface area (Å²) < 4.78 is 24.4. The van der Waals surface area contributed by atoms with E-state index in [1.165, 1.54) is 17.4 Å². The average Bonchev–Trinajstić information content (AvgIpc) is 2.90. The van der Waals surface area contributed by atoms with Crippen LogP contribution in [0.25, 0.3) is 10.2 Å². The fraction of sp³-hybridized carbons (Fsp3) is 0.0667. The summed E-state index contributed by atoms with van der Waals surface area (Å²) in [5.41, 5.74) is 1.00. The Morgan fingerprint density at radius 2 is 1.77 bits per heavy atom. The van der Waals surface area contributed by atoms with E-state index in [1.807, 2.05) is 24.3 Å². The van der Waals surface area contributed by atoms with Gasteiger partial charge in [0.2, 0.25) is 0 Å². The molecule has 7 heteroatoms. The third kappa shape index (κ3) is 2.86. The lowest BCUT2D eigenvalue weighted by Gasteiger charge is -2.08. The van der Waals surface area contributed by atoms with Gasteiger partial charge in [-0.15, -0.1) is 11.3 Å². The van der Waals surface area contributed by atoms with Crippen molar-refractivity contribution in [2.75, 3.05) is 11.6 Å². The number of sulfone groups is 1. The first-order chi connectivity index (χ1) is 10.4. The summed E-state index contributed by atoms with van der Waals surface area (Å²) in [4.78, 5) is 16.7. The van der Waals surface area contributed by atoms with Crippen LogP contribution < -0.4 is 5.32 Å². The van der Waals surface area contributed by atoms with E-state index in [9.17, 15) is 13.2 Å². The highest BCUT2D eigenvalue weighted by Crippen LogP contribution is 2.24. The molecule has 0 saturated carbocycles. The van der Waals surface area contributed by atoms with Crippen molar-refractivity contribution in [1.82, 2.24) is 4.98 Å². The first-order valence-corrected chi connectivity index (χ1v) is 9.12. The minimum Gasteiger partial charge on any atom is -0.319 e. The molecule has 5 nitrogen and oxygen atoms in total. The Labute approximate surface area is 131 Å². The van der Waals surface area contributed by atoms with Crippen LogP contribution in [0.5, 0.6) is 0 Å². The number of fused-ring (bicyclic) bond motifs is 1. The molecule has 1 aromatic heterocycles. The number of hydrogen-bond donors (Lipinski definition) is 1. The second-order valence-electron chi connectivity index (χ2n) is 4.71. The molecule has 112 valence electrons. The quantitative estimate of drug-likeness (QED) is 0.800. The van der Waals surface area contributed by atoms with Gasteiger partial charge in [0.25, 0.3) is 5.91 Å². The Kier molecular flexibility index (Phi) is 3.67. The van der Waals surface area contributed by atoms with Gasteiger partial charge in [0, 0.05) is 6.26 Å². The fourth-order valence-electron chi connectivity index (χ4n) is 2.04. The molecule has 0 spiro atoms. The summed E-state index contributed by atoms with van der Waals surface area (Å²) in [5.74, 6) is -0.419. The van der Waals surface area contributed by atoms with Crippen molar-refractivity contribution in [2.24, 2.45) is 0 Å². The molecule has 1 heterocycles.